The van der Waals surface area contributed by atoms with Gasteiger partial charge in [-0.25, -0.2) is 28.1 Å². The van der Waals surface area contributed by atoms with Crippen molar-refractivity contribution in [1.29, 1.82) is 0 Å². The topological polar surface area (TPSA) is 122 Å². The molecule has 3 aromatic heterocycles. The summed E-state index contributed by atoms with van der Waals surface area (Å²) in [6, 6.07) is 12.2. The number of nitrogens with zero attached hydrogens (tertiary/aromatic N) is 3. The molecule has 3 N–H and O–H groups in total. The van der Waals surface area contributed by atoms with E-state index in [0.29, 0.717) is 18.2 Å². The van der Waals surface area contributed by atoms with E-state index in [-0.39, 0.29) is 11.4 Å². The van der Waals surface area contributed by atoms with Crippen molar-refractivity contribution in [2.24, 2.45) is 0 Å². The van der Waals surface area contributed by atoms with Gasteiger partial charge in [0.25, 0.3) is 0 Å². The second-order valence-corrected chi connectivity index (χ2v) is 8.65. The smallest absolute Gasteiger partial charge is 0.240 e. The zero-order valence-electron chi connectivity index (χ0n) is 17.1. The van der Waals surface area contributed by atoms with Crippen LogP contribution in [-0.4, -0.2) is 48.6 Å². The summed E-state index contributed by atoms with van der Waals surface area (Å²) in [4.78, 5) is 16.6. The van der Waals surface area contributed by atoms with Crippen molar-refractivity contribution in [2.45, 2.75) is 11.8 Å². The fourth-order valence-electron chi connectivity index (χ4n) is 3.16. The Labute approximate surface area is 180 Å². The molecule has 0 aliphatic heterocycles. The fraction of sp³-hybridized carbons (Fsp3) is 0.190. The number of benzene rings is 1. The Morgan fingerprint density at radius 1 is 1.06 bits per heavy atom. The molecule has 0 amide bonds. The predicted molar refractivity (Wildman–Crippen MR) is 119 cm³/mol. The van der Waals surface area contributed by atoms with Gasteiger partial charge in [-0.05, 0) is 49.4 Å². The number of nitrogens with one attached hydrogen (secondary N) is 3. The molecule has 0 bridgehead atoms. The molecule has 0 aliphatic carbocycles. The number of anilines is 2. The zero-order chi connectivity index (χ0) is 21.8. The molecule has 0 fully saturated rings. The normalized spacial score (nSPS) is 11.7. The van der Waals surface area contributed by atoms with Crippen molar-refractivity contribution >= 4 is 32.7 Å². The number of sulfonamides is 1. The van der Waals surface area contributed by atoms with Crippen LogP contribution in [0.2, 0.25) is 0 Å². The van der Waals surface area contributed by atoms with E-state index in [9.17, 15) is 8.42 Å². The van der Waals surface area contributed by atoms with Crippen LogP contribution in [0, 0.1) is 6.92 Å². The Balaban J connectivity index is 1.54. The summed E-state index contributed by atoms with van der Waals surface area (Å²) >= 11 is 0. The predicted octanol–water partition coefficient (Wildman–Crippen LogP) is 3.00. The first-order chi connectivity index (χ1) is 15.0. The summed E-state index contributed by atoms with van der Waals surface area (Å²) < 4.78 is 31.9. The summed E-state index contributed by atoms with van der Waals surface area (Å²) in [6.07, 6.45) is 3.41. The lowest BCUT2D eigenvalue weighted by atomic mass is 10.1. The molecule has 0 aliphatic rings. The second kappa shape index (κ2) is 8.80. The first kappa shape index (κ1) is 20.9. The van der Waals surface area contributed by atoms with Crippen LogP contribution < -0.4 is 10.0 Å². The van der Waals surface area contributed by atoms with Crippen molar-refractivity contribution in [3.63, 3.8) is 0 Å². The molecular formula is C21H22N6O3S. The quantitative estimate of drug-likeness (QED) is 0.362. The Kier molecular flexibility index (Phi) is 5.94. The van der Waals surface area contributed by atoms with Crippen molar-refractivity contribution in [3.8, 4) is 11.3 Å². The number of rotatable bonds is 8. The molecular weight excluding hydrogens is 416 g/mol. The van der Waals surface area contributed by atoms with E-state index in [1.807, 2.05) is 25.1 Å². The van der Waals surface area contributed by atoms with Gasteiger partial charge in [-0.1, -0.05) is 0 Å². The lowest BCUT2D eigenvalue weighted by Crippen LogP contribution is -2.27. The number of hydrogen-bond donors (Lipinski definition) is 3. The van der Waals surface area contributed by atoms with Gasteiger partial charge >= 0.3 is 0 Å². The molecule has 0 unspecified atom stereocenters. The number of ether oxygens (including phenoxy) is 1. The summed E-state index contributed by atoms with van der Waals surface area (Å²) in [6.45, 7) is 2.50. The minimum Gasteiger partial charge on any atom is -0.383 e. The number of aromatic amines is 1. The number of aromatic nitrogens is 4. The average Bonchev–Trinajstić information content (AvgIpc) is 3.14. The van der Waals surface area contributed by atoms with Gasteiger partial charge in [0.15, 0.2) is 0 Å². The summed E-state index contributed by atoms with van der Waals surface area (Å²) in [5.74, 6) is 0.406. The lowest BCUT2D eigenvalue weighted by molar-refractivity contribution is 0.204. The molecule has 1 aromatic carbocycles. The highest BCUT2D eigenvalue weighted by Crippen LogP contribution is 2.27. The second-order valence-electron chi connectivity index (χ2n) is 6.88. The largest absolute Gasteiger partial charge is 0.383 e. The monoisotopic (exact) mass is 438 g/mol. The lowest BCUT2D eigenvalue weighted by Gasteiger charge is -2.09. The van der Waals surface area contributed by atoms with Gasteiger partial charge in [0.1, 0.15) is 5.65 Å². The van der Waals surface area contributed by atoms with Crippen LogP contribution in [-0.2, 0) is 14.8 Å². The van der Waals surface area contributed by atoms with E-state index < -0.39 is 10.0 Å². The van der Waals surface area contributed by atoms with Crippen molar-refractivity contribution < 1.29 is 13.2 Å². The van der Waals surface area contributed by atoms with Gasteiger partial charge in [-0.2, -0.15) is 0 Å². The molecule has 9 nitrogen and oxygen atoms in total. The van der Waals surface area contributed by atoms with Crippen LogP contribution in [0.3, 0.4) is 0 Å². The summed E-state index contributed by atoms with van der Waals surface area (Å²) in [7, 11) is -2.07. The van der Waals surface area contributed by atoms with E-state index >= 15 is 0 Å². The van der Waals surface area contributed by atoms with Crippen molar-refractivity contribution in [2.75, 3.05) is 25.6 Å². The van der Waals surface area contributed by atoms with Gasteiger partial charge in [-0.3, -0.25) is 0 Å². The maximum Gasteiger partial charge on any atom is 0.240 e. The number of aryl methyl sites for hydroxylation is 1. The molecule has 4 aromatic rings. The molecule has 0 saturated heterocycles. The Hall–Kier alpha value is -3.34. The summed E-state index contributed by atoms with van der Waals surface area (Å²) in [5, 5.41) is 4.10. The van der Waals surface area contributed by atoms with Crippen molar-refractivity contribution in [1.82, 2.24) is 24.7 Å². The van der Waals surface area contributed by atoms with Gasteiger partial charge < -0.3 is 15.0 Å². The highest BCUT2D eigenvalue weighted by Gasteiger charge is 2.13. The van der Waals surface area contributed by atoms with Crippen LogP contribution in [0.4, 0.5) is 11.6 Å². The van der Waals surface area contributed by atoms with E-state index in [1.54, 1.807) is 24.5 Å². The average molecular weight is 439 g/mol. The number of hydrogen-bond acceptors (Lipinski definition) is 7. The van der Waals surface area contributed by atoms with Crippen LogP contribution in [0.5, 0.6) is 0 Å². The molecule has 0 spiro atoms. The molecule has 4 rings (SSSR count). The molecule has 0 saturated carbocycles. The highest BCUT2D eigenvalue weighted by molar-refractivity contribution is 7.89. The van der Waals surface area contributed by atoms with E-state index in [0.717, 1.165) is 28.0 Å². The SMILES string of the molecule is COCCNS(=O)(=O)c1ccc(Nc2nccc(-c3ccnc4[nH]c(C)cc34)n2)cc1. The van der Waals surface area contributed by atoms with Crippen LogP contribution >= 0.6 is 0 Å². The minimum atomic E-state index is -3.58. The van der Waals surface area contributed by atoms with Crippen LogP contribution in [0.15, 0.2) is 59.8 Å². The van der Waals surface area contributed by atoms with E-state index in [2.05, 4.69) is 30.0 Å². The van der Waals surface area contributed by atoms with Gasteiger partial charge in [-0.15, -0.1) is 0 Å². The molecule has 0 atom stereocenters. The molecule has 0 radical (unpaired) electrons. The first-order valence-electron chi connectivity index (χ1n) is 9.60. The highest BCUT2D eigenvalue weighted by atomic mass is 32.2. The van der Waals surface area contributed by atoms with Crippen LogP contribution in [0.1, 0.15) is 5.69 Å². The maximum atomic E-state index is 12.3. The minimum absolute atomic E-state index is 0.172. The summed E-state index contributed by atoms with van der Waals surface area (Å²) in [5.41, 5.74) is 4.20. The Morgan fingerprint density at radius 3 is 2.61 bits per heavy atom. The third kappa shape index (κ3) is 4.71. The molecule has 3 heterocycles. The first-order valence-corrected chi connectivity index (χ1v) is 11.1. The Morgan fingerprint density at radius 2 is 1.84 bits per heavy atom. The molecule has 31 heavy (non-hydrogen) atoms. The molecule has 160 valence electrons. The number of fused-ring (bicyclic) bond motifs is 1. The van der Waals surface area contributed by atoms with Crippen molar-refractivity contribution in [3.05, 3.63) is 60.6 Å². The third-order valence-corrected chi connectivity index (χ3v) is 6.09. The fourth-order valence-corrected chi connectivity index (χ4v) is 4.17. The third-order valence-electron chi connectivity index (χ3n) is 4.62. The molecule has 10 heteroatoms. The van der Waals surface area contributed by atoms with Gasteiger partial charge in [0, 0.05) is 48.4 Å². The van der Waals surface area contributed by atoms with Gasteiger partial charge in [0.05, 0.1) is 17.2 Å². The standard InChI is InChI=1S/C21H22N6O3S/c1-14-13-18-17(7-9-22-20(18)25-14)19-8-10-23-21(27-19)26-15-3-5-16(6-4-15)31(28,29)24-11-12-30-2/h3-10,13,24H,11-12H2,1-2H3,(H,22,25)(H,23,26,27). The van der Waals surface area contributed by atoms with E-state index in [1.165, 1.54) is 19.2 Å². The van der Waals surface area contributed by atoms with Crippen LogP contribution in [0.25, 0.3) is 22.3 Å². The van der Waals surface area contributed by atoms with E-state index in [4.69, 9.17) is 4.74 Å². The van der Waals surface area contributed by atoms with Gasteiger partial charge in [0.2, 0.25) is 16.0 Å². The maximum absolute atomic E-state index is 12.3. The Bertz CT molecular complexity index is 1300. The zero-order valence-corrected chi connectivity index (χ0v) is 17.9. The number of H-pyrrole nitrogens is 1. The number of pyridine rings is 1. The number of methoxy groups -OCH3 is 1.